The van der Waals surface area contributed by atoms with E-state index in [1.54, 1.807) is 20.2 Å². The second-order valence-corrected chi connectivity index (χ2v) is 14.4. The van der Waals surface area contributed by atoms with Gasteiger partial charge in [0.1, 0.15) is 5.75 Å². The van der Waals surface area contributed by atoms with Crippen LogP contribution in [0.15, 0.2) is 18.3 Å². The molecular formula is C30H40N2O6S. The Bertz CT molecular complexity index is 1470. The lowest BCUT2D eigenvalue weighted by Crippen LogP contribution is -2.35. The Balaban J connectivity index is 2.16. The average Bonchev–Trinajstić information content (AvgIpc) is 2.82. The fraction of sp³-hybridized carbons (Fsp3) is 0.533. The van der Waals surface area contributed by atoms with Gasteiger partial charge in [0.2, 0.25) is 10.0 Å². The SMILES string of the molecule is COc1cnc2c(c1)CN(S(C)(=O)=O)c1c(C)c(C(OC(C)(C)C)C(=O)O)c(C3=CCC(C)(C)CC3)c(C)c1-2. The Labute approximate surface area is 232 Å². The first kappa shape index (κ1) is 29.1. The number of carboxylic acid groups (broad SMARTS) is 1. The van der Waals surface area contributed by atoms with Crippen molar-refractivity contribution < 1.29 is 27.8 Å². The number of anilines is 1. The smallest absolute Gasteiger partial charge is 0.337 e. The predicted molar refractivity (Wildman–Crippen MR) is 154 cm³/mol. The first-order valence-corrected chi connectivity index (χ1v) is 15.1. The van der Waals surface area contributed by atoms with Gasteiger partial charge >= 0.3 is 5.97 Å². The number of fused-ring (bicyclic) bond motifs is 3. The summed E-state index contributed by atoms with van der Waals surface area (Å²) in [7, 11) is -2.18. The summed E-state index contributed by atoms with van der Waals surface area (Å²) in [5.74, 6) is -0.575. The Morgan fingerprint density at radius 2 is 1.85 bits per heavy atom. The number of nitrogens with zero attached hydrogens (tertiary/aromatic N) is 2. The summed E-state index contributed by atoms with van der Waals surface area (Å²) in [5, 5.41) is 10.5. The highest BCUT2D eigenvalue weighted by Crippen LogP contribution is 2.51. The quantitative estimate of drug-likeness (QED) is 0.452. The van der Waals surface area contributed by atoms with E-state index >= 15 is 0 Å². The largest absolute Gasteiger partial charge is 0.495 e. The molecule has 0 saturated heterocycles. The molecule has 2 heterocycles. The predicted octanol–water partition coefficient (Wildman–Crippen LogP) is 6.19. The highest BCUT2D eigenvalue weighted by Gasteiger charge is 2.40. The minimum atomic E-state index is -3.73. The van der Waals surface area contributed by atoms with Crippen molar-refractivity contribution in [3.8, 4) is 17.0 Å². The molecule has 1 aromatic carbocycles. The van der Waals surface area contributed by atoms with Crippen LogP contribution in [0, 0.1) is 19.3 Å². The van der Waals surface area contributed by atoms with Crippen LogP contribution in [-0.4, -0.2) is 43.4 Å². The number of aromatic nitrogens is 1. The number of aliphatic carboxylic acids is 1. The minimum Gasteiger partial charge on any atom is -0.495 e. The van der Waals surface area contributed by atoms with Crippen molar-refractivity contribution in [3.63, 3.8) is 0 Å². The molecular weight excluding hydrogens is 516 g/mol. The third-order valence-electron chi connectivity index (χ3n) is 7.64. The zero-order valence-electron chi connectivity index (χ0n) is 24.4. The molecule has 39 heavy (non-hydrogen) atoms. The van der Waals surface area contributed by atoms with Gasteiger partial charge in [0.05, 0.1) is 43.1 Å². The summed E-state index contributed by atoms with van der Waals surface area (Å²) >= 11 is 0. The molecule has 1 N–H and O–H groups in total. The molecule has 212 valence electrons. The van der Waals surface area contributed by atoms with Crippen LogP contribution in [0.5, 0.6) is 5.75 Å². The molecule has 1 aliphatic heterocycles. The maximum atomic E-state index is 13.2. The summed E-state index contributed by atoms with van der Waals surface area (Å²) in [6.07, 6.45) is 6.31. The van der Waals surface area contributed by atoms with E-state index in [2.05, 4.69) is 19.9 Å². The van der Waals surface area contributed by atoms with E-state index in [1.807, 2.05) is 33.8 Å². The monoisotopic (exact) mass is 556 g/mol. The average molecular weight is 557 g/mol. The molecule has 2 aromatic rings. The van der Waals surface area contributed by atoms with Gasteiger partial charge in [-0.05, 0) is 87.6 Å². The number of pyridine rings is 1. The Kier molecular flexibility index (Phi) is 7.40. The first-order valence-electron chi connectivity index (χ1n) is 13.2. The first-order chi connectivity index (χ1) is 17.9. The molecule has 1 aromatic heterocycles. The molecule has 0 bridgehead atoms. The molecule has 0 amide bonds. The molecule has 4 rings (SSSR count). The number of carboxylic acids is 1. The van der Waals surface area contributed by atoms with E-state index in [-0.39, 0.29) is 12.0 Å². The van der Waals surface area contributed by atoms with Gasteiger partial charge in [-0.1, -0.05) is 19.9 Å². The molecule has 1 aliphatic carbocycles. The maximum absolute atomic E-state index is 13.2. The van der Waals surface area contributed by atoms with Gasteiger partial charge in [-0.15, -0.1) is 0 Å². The van der Waals surface area contributed by atoms with Crippen LogP contribution in [-0.2, 0) is 26.1 Å². The highest BCUT2D eigenvalue weighted by molar-refractivity contribution is 7.92. The van der Waals surface area contributed by atoms with Gasteiger partial charge in [0, 0.05) is 16.7 Å². The van der Waals surface area contributed by atoms with Gasteiger partial charge in [-0.3, -0.25) is 9.29 Å². The van der Waals surface area contributed by atoms with Crippen molar-refractivity contribution in [1.82, 2.24) is 4.98 Å². The molecule has 1 atom stereocenters. The summed E-state index contributed by atoms with van der Waals surface area (Å²) in [5.41, 5.74) is 5.71. The zero-order valence-corrected chi connectivity index (χ0v) is 25.2. The molecule has 2 aliphatic rings. The van der Waals surface area contributed by atoms with Crippen LogP contribution in [0.1, 0.15) is 87.8 Å². The fourth-order valence-electron chi connectivity index (χ4n) is 5.70. The normalized spacial score (nSPS) is 17.7. The topological polar surface area (TPSA) is 106 Å². The molecule has 1 unspecified atom stereocenters. The highest BCUT2D eigenvalue weighted by atomic mass is 32.2. The van der Waals surface area contributed by atoms with E-state index in [4.69, 9.17) is 14.5 Å². The number of ether oxygens (including phenoxy) is 2. The summed E-state index contributed by atoms with van der Waals surface area (Å²) in [4.78, 5) is 17.5. The number of methoxy groups -OCH3 is 1. The fourth-order valence-corrected chi connectivity index (χ4v) is 6.64. The van der Waals surface area contributed by atoms with Crippen LogP contribution < -0.4 is 9.04 Å². The van der Waals surface area contributed by atoms with Gasteiger partial charge in [0.15, 0.2) is 6.10 Å². The Morgan fingerprint density at radius 3 is 2.36 bits per heavy atom. The van der Waals surface area contributed by atoms with E-state index in [9.17, 15) is 18.3 Å². The van der Waals surface area contributed by atoms with Crippen LogP contribution in [0.3, 0.4) is 0 Å². The molecule has 0 saturated carbocycles. The molecule has 0 radical (unpaired) electrons. The van der Waals surface area contributed by atoms with Gasteiger partial charge < -0.3 is 14.6 Å². The number of allylic oxidation sites excluding steroid dienone is 2. The zero-order chi connectivity index (χ0) is 29.1. The minimum absolute atomic E-state index is 0.0686. The third kappa shape index (κ3) is 5.57. The number of benzene rings is 1. The van der Waals surface area contributed by atoms with Crippen molar-refractivity contribution in [3.05, 3.63) is 46.2 Å². The van der Waals surface area contributed by atoms with Crippen molar-refractivity contribution in [2.75, 3.05) is 17.7 Å². The standard InChI is InChI=1S/C30H40N2O6S/c1-17-22(19-10-12-30(6,7)13-11-19)23(27(28(33)34)38-29(3,4)5)18(2)26-24(17)25-20(14-21(37-8)15-31-25)16-32(26)39(9,35)36/h10,14-15,27H,11-13,16H2,1-9H3,(H,33,34). The van der Waals surface area contributed by atoms with Crippen LogP contribution in [0.2, 0.25) is 0 Å². The van der Waals surface area contributed by atoms with Gasteiger partial charge in [0.25, 0.3) is 0 Å². The molecule has 8 nitrogen and oxygen atoms in total. The van der Waals surface area contributed by atoms with Crippen molar-refractivity contribution in [2.24, 2.45) is 5.41 Å². The Morgan fingerprint density at radius 1 is 1.18 bits per heavy atom. The van der Waals surface area contributed by atoms with Crippen LogP contribution in [0.25, 0.3) is 16.8 Å². The van der Waals surface area contributed by atoms with Crippen LogP contribution in [0.4, 0.5) is 5.69 Å². The lowest BCUT2D eigenvalue weighted by atomic mass is 9.73. The second-order valence-electron chi connectivity index (χ2n) is 12.5. The lowest BCUT2D eigenvalue weighted by molar-refractivity contribution is -0.160. The van der Waals surface area contributed by atoms with E-state index < -0.39 is 27.7 Å². The molecule has 9 heteroatoms. The summed E-state index contributed by atoms with van der Waals surface area (Å²) < 4.78 is 39.3. The number of sulfonamides is 1. The van der Waals surface area contributed by atoms with Crippen molar-refractivity contribution in [2.45, 2.75) is 86.0 Å². The summed E-state index contributed by atoms with van der Waals surface area (Å²) in [6.45, 7) is 13.7. The number of hydrogen-bond acceptors (Lipinski definition) is 6. The number of carbonyl (C=O) groups is 1. The van der Waals surface area contributed by atoms with Crippen LogP contribution >= 0.6 is 0 Å². The number of rotatable bonds is 6. The van der Waals surface area contributed by atoms with E-state index in [0.29, 0.717) is 33.8 Å². The summed E-state index contributed by atoms with van der Waals surface area (Å²) in [6, 6.07) is 1.82. The third-order valence-corrected chi connectivity index (χ3v) is 8.76. The van der Waals surface area contributed by atoms with Crippen molar-refractivity contribution >= 4 is 27.3 Å². The van der Waals surface area contributed by atoms with Gasteiger partial charge in [-0.25, -0.2) is 13.2 Å². The lowest BCUT2D eigenvalue weighted by Gasteiger charge is -2.38. The van der Waals surface area contributed by atoms with E-state index in [0.717, 1.165) is 41.5 Å². The van der Waals surface area contributed by atoms with E-state index in [1.165, 1.54) is 10.6 Å². The molecule has 0 fully saturated rings. The van der Waals surface area contributed by atoms with Crippen molar-refractivity contribution in [1.29, 1.82) is 0 Å². The maximum Gasteiger partial charge on any atom is 0.337 e. The molecule has 0 spiro atoms. The van der Waals surface area contributed by atoms with Gasteiger partial charge in [-0.2, -0.15) is 0 Å². The Hall–Kier alpha value is -2.91. The second kappa shape index (κ2) is 9.93. The number of hydrogen-bond donors (Lipinski definition) is 1.